The van der Waals surface area contributed by atoms with Gasteiger partial charge in [0.1, 0.15) is 29.7 Å². The number of anilines is 1. The lowest BCUT2D eigenvalue weighted by Gasteiger charge is -2.19. The van der Waals surface area contributed by atoms with Crippen LogP contribution >= 0.6 is 11.3 Å². The van der Waals surface area contributed by atoms with E-state index in [1.165, 1.54) is 28.7 Å². The number of aryl methyl sites for hydroxylation is 3. The van der Waals surface area contributed by atoms with Gasteiger partial charge >= 0.3 is 0 Å². The Labute approximate surface area is 150 Å². The minimum Gasteiger partial charge on any atom is -0.486 e. The van der Waals surface area contributed by atoms with Gasteiger partial charge in [0, 0.05) is 11.4 Å². The summed E-state index contributed by atoms with van der Waals surface area (Å²) < 4.78 is 11.3. The highest BCUT2D eigenvalue weighted by Gasteiger charge is 2.22. The summed E-state index contributed by atoms with van der Waals surface area (Å²) >= 11 is 1.83. The lowest BCUT2D eigenvalue weighted by molar-refractivity contribution is 0.171. The van der Waals surface area contributed by atoms with E-state index in [1.807, 2.05) is 30.4 Å². The van der Waals surface area contributed by atoms with Crippen LogP contribution in [0.4, 0.5) is 5.82 Å². The maximum Gasteiger partial charge on any atom is 0.161 e. The largest absolute Gasteiger partial charge is 0.486 e. The molecular weight excluding hydrogens is 334 g/mol. The van der Waals surface area contributed by atoms with E-state index in [1.54, 1.807) is 0 Å². The van der Waals surface area contributed by atoms with E-state index in [-0.39, 0.29) is 0 Å². The SMILES string of the molecule is Cc1nc(NCc2ccc3c(c2)OCCO3)c2c3c(sc2n1)CCC3. The van der Waals surface area contributed by atoms with Gasteiger partial charge in [0.15, 0.2) is 11.5 Å². The third-order valence-corrected chi connectivity index (χ3v) is 5.93. The Kier molecular flexibility index (Phi) is 3.52. The average Bonchev–Trinajstić information content (AvgIpc) is 3.20. The molecule has 25 heavy (non-hydrogen) atoms. The van der Waals surface area contributed by atoms with Gasteiger partial charge in [-0.15, -0.1) is 11.3 Å². The maximum atomic E-state index is 5.68. The molecule has 6 heteroatoms. The molecule has 2 aliphatic rings. The maximum absolute atomic E-state index is 5.68. The van der Waals surface area contributed by atoms with Crippen LogP contribution in [0.2, 0.25) is 0 Å². The first-order valence-electron chi connectivity index (χ1n) is 8.69. The van der Waals surface area contributed by atoms with Gasteiger partial charge in [-0.1, -0.05) is 6.07 Å². The van der Waals surface area contributed by atoms with Crippen molar-refractivity contribution in [3.8, 4) is 11.5 Å². The molecule has 0 saturated heterocycles. The fourth-order valence-electron chi connectivity index (χ4n) is 3.61. The molecule has 0 unspecified atom stereocenters. The van der Waals surface area contributed by atoms with Crippen molar-refractivity contribution in [2.24, 2.45) is 0 Å². The molecule has 5 rings (SSSR count). The molecule has 2 aromatic heterocycles. The van der Waals surface area contributed by atoms with Gasteiger partial charge < -0.3 is 14.8 Å². The normalized spacial score (nSPS) is 15.4. The molecule has 0 amide bonds. The minimum absolute atomic E-state index is 0.608. The van der Waals surface area contributed by atoms with Gasteiger partial charge in [0.05, 0.1) is 5.39 Å². The first-order valence-corrected chi connectivity index (χ1v) is 9.51. The number of ether oxygens (including phenoxy) is 2. The average molecular weight is 353 g/mol. The third kappa shape index (κ3) is 2.61. The van der Waals surface area contributed by atoms with Crippen molar-refractivity contribution in [2.45, 2.75) is 32.7 Å². The Bertz CT molecular complexity index is 967. The highest BCUT2D eigenvalue weighted by atomic mass is 32.1. The molecule has 3 aromatic rings. The van der Waals surface area contributed by atoms with Crippen LogP contribution in [0.1, 0.15) is 28.2 Å². The van der Waals surface area contributed by atoms with Crippen LogP contribution in [0.5, 0.6) is 11.5 Å². The number of rotatable bonds is 3. The number of thiophene rings is 1. The van der Waals surface area contributed by atoms with Gasteiger partial charge in [-0.2, -0.15) is 0 Å². The number of benzene rings is 1. The van der Waals surface area contributed by atoms with Crippen molar-refractivity contribution in [1.82, 2.24) is 9.97 Å². The van der Waals surface area contributed by atoms with Crippen molar-refractivity contribution in [2.75, 3.05) is 18.5 Å². The summed E-state index contributed by atoms with van der Waals surface area (Å²) in [7, 11) is 0. The Morgan fingerprint density at radius 2 is 2.00 bits per heavy atom. The number of fused-ring (bicyclic) bond motifs is 4. The summed E-state index contributed by atoms with van der Waals surface area (Å²) in [5.41, 5.74) is 2.60. The van der Waals surface area contributed by atoms with Crippen molar-refractivity contribution in [3.05, 3.63) is 40.0 Å². The Morgan fingerprint density at radius 3 is 2.92 bits per heavy atom. The number of hydrogen-bond acceptors (Lipinski definition) is 6. The summed E-state index contributed by atoms with van der Waals surface area (Å²) in [6.07, 6.45) is 3.56. The van der Waals surface area contributed by atoms with Crippen LogP contribution in [-0.4, -0.2) is 23.2 Å². The molecule has 1 aliphatic carbocycles. The molecule has 0 atom stereocenters. The van der Waals surface area contributed by atoms with E-state index >= 15 is 0 Å². The van der Waals surface area contributed by atoms with E-state index in [4.69, 9.17) is 9.47 Å². The Balaban J connectivity index is 1.46. The van der Waals surface area contributed by atoms with Gasteiger partial charge in [0.25, 0.3) is 0 Å². The molecule has 1 aliphatic heterocycles. The van der Waals surface area contributed by atoms with Crippen LogP contribution in [0, 0.1) is 6.92 Å². The van der Waals surface area contributed by atoms with Crippen molar-refractivity contribution >= 4 is 27.4 Å². The molecular formula is C19H19N3O2S. The van der Waals surface area contributed by atoms with E-state index < -0.39 is 0 Å². The van der Waals surface area contributed by atoms with Crippen LogP contribution in [-0.2, 0) is 19.4 Å². The summed E-state index contributed by atoms with van der Waals surface area (Å²) in [6, 6.07) is 6.10. The molecule has 128 valence electrons. The molecule has 0 fully saturated rings. The second kappa shape index (κ2) is 5.88. The number of hydrogen-bond donors (Lipinski definition) is 1. The van der Waals surface area contributed by atoms with Crippen LogP contribution in [0.25, 0.3) is 10.2 Å². The summed E-state index contributed by atoms with van der Waals surface area (Å²) in [5.74, 6) is 3.42. The van der Waals surface area contributed by atoms with E-state index in [2.05, 4.69) is 21.4 Å². The highest BCUT2D eigenvalue weighted by Crippen LogP contribution is 2.39. The van der Waals surface area contributed by atoms with Crippen LogP contribution < -0.4 is 14.8 Å². The smallest absolute Gasteiger partial charge is 0.161 e. The summed E-state index contributed by atoms with van der Waals surface area (Å²) in [4.78, 5) is 11.9. The summed E-state index contributed by atoms with van der Waals surface area (Å²) in [6.45, 7) is 3.88. The van der Waals surface area contributed by atoms with Gasteiger partial charge in [-0.25, -0.2) is 9.97 Å². The molecule has 5 nitrogen and oxygen atoms in total. The van der Waals surface area contributed by atoms with Gasteiger partial charge in [0.2, 0.25) is 0 Å². The second-order valence-electron chi connectivity index (χ2n) is 6.49. The molecule has 0 bridgehead atoms. The van der Waals surface area contributed by atoms with Crippen LogP contribution in [0.15, 0.2) is 18.2 Å². The zero-order chi connectivity index (χ0) is 16.8. The Hall–Kier alpha value is -2.34. The number of aromatic nitrogens is 2. The van der Waals surface area contributed by atoms with Crippen LogP contribution in [0.3, 0.4) is 0 Å². The third-order valence-electron chi connectivity index (χ3n) is 4.74. The first-order chi connectivity index (χ1) is 12.3. The van der Waals surface area contributed by atoms with Gasteiger partial charge in [-0.05, 0) is 49.4 Å². The van der Waals surface area contributed by atoms with E-state index in [0.717, 1.165) is 40.0 Å². The summed E-state index contributed by atoms with van der Waals surface area (Å²) in [5, 5.41) is 4.75. The Morgan fingerprint density at radius 1 is 1.12 bits per heavy atom. The fourth-order valence-corrected chi connectivity index (χ4v) is 4.92. The van der Waals surface area contributed by atoms with Gasteiger partial charge in [-0.3, -0.25) is 0 Å². The molecule has 0 saturated carbocycles. The number of nitrogens with one attached hydrogen (secondary N) is 1. The predicted octanol–water partition coefficient (Wildman–Crippen LogP) is 3.87. The lowest BCUT2D eigenvalue weighted by atomic mass is 10.1. The zero-order valence-electron chi connectivity index (χ0n) is 14.1. The first kappa shape index (κ1) is 15.0. The van der Waals surface area contributed by atoms with Crippen molar-refractivity contribution < 1.29 is 9.47 Å². The van der Waals surface area contributed by atoms with E-state index in [0.29, 0.717) is 19.8 Å². The topological polar surface area (TPSA) is 56.3 Å². The molecule has 1 aromatic carbocycles. The van der Waals surface area contributed by atoms with E-state index in [9.17, 15) is 0 Å². The molecule has 0 radical (unpaired) electrons. The lowest BCUT2D eigenvalue weighted by Crippen LogP contribution is -2.15. The van der Waals surface area contributed by atoms with Crippen molar-refractivity contribution in [3.63, 3.8) is 0 Å². The molecule has 0 spiro atoms. The quantitative estimate of drug-likeness (QED) is 0.775. The zero-order valence-corrected chi connectivity index (χ0v) is 14.9. The molecule has 3 heterocycles. The standard InChI is InChI=1S/C19H19N3O2S/c1-11-21-18(17-13-3-2-4-16(13)25-19(17)22-11)20-10-12-5-6-14-15(9-12)24-8-7-23-14/h5-6,9H,2-4,7-8,10H2,1H3,(H,20,21,22). The fraction of sp³-hybridized carbons (Fsp3) is 0.368. The minimum atomic E-state index is 0.608. The monoisotopic (exact) mass is 353 g/mol. The molecule has 1 N–H and O–H groups in total. The van der Waals surface area contributed by atoms with Crippen molar-refractivity contribution in [1.29, 1.82) is 0 Å². The number of nitrogens with zero attached hydrogens (tertiary/aromatic N) is 2. The predicted molar refractivity (Wildman–Crippen MR) is 98.9 cm³/mol. The highest BCUT2D eigenvalue weighted by molar-refractivity contribution is 7.19. The second-order valence-corrected chi connectivity index (χ2v) is 7.57.